The van der Waals surface area contributed by atoms with Gasteiger partial charge in [-0.15, -0.1) is 0 Å². The summed E-state index contributed by atoms with van der Waals surface area (Å²) in [6.45, 7) is 6.95. The molecule has 0 N–H and O–H groups in total. The predicted octanol–water partition coefficient (Wildman–Crippen LogP) is 3.32. The standard InChI is InChI=1S/C20H23ClN4O2S/c1-4-17(26)23-9-7-14(8-10-23)25-19(28)24(18(27)20(25,2)3)15-6-5-13(12-22)16(21)11-15/h5-6,11,14H,4,7-10H2,1-3H3. The summed E-state index contributed by atoms with van der Waals surface area (Å²) in [6, 6.07) is 7.00. The van der Waals surface area contributed by atoms with Crippen LogP contribution in [-0.4, -0.2) is 51.4 Å². The Morgan fingerprint density at radius 1 is 1.36 bits per heavy atom. The Morgan fingerprint density at radius 3 is 2.54 bits per heavy atom. The van der Waals surface area contributed by atoms with Crippen molar-refractivity contribution in [2.24, 2.45) is 0 Å². The molecule has 0 radical (unpaired) electrons. The summed E-state index contributed by atoms with van der Waals surface area (Å²) in [5, 5.41) is 9.81. The van der Waals surface area contributed by atoms with Crippen LogP contribution in [0, 0.1) is 11.3 Å². The van der Waals surface area contributed by atoms with Crippen LogP contribution in [0.1, 0.15) is 45.6 Å². The number of rotatable bonds is 3. The maximum atomic E-state index is 13.2. The van der Waals surface area contributed by atoms with Crippen molar-refractivity contribution in [1.82, 2.24) is 9.80 Å². The van der Waals surface area contributed by atoms with E-state index in [1.54, 1.807) is 18.2 Å². The van der Waals surface area contributed by atoms with Gasteiger partial charge in [-0.25, -0.2) is 0 Å². The number of anilines is 1. The average Bonchev–Trinajstić information content (AvgIpc) is 2.85. The van der Waals surface area contributed by atoms with E-state index in [-0.39, 0.29) is 17.9 Å². The highest BCUT2D eigenvalue weighted by Gasteiger charge is 2.52. The smallest absolute Gasteiger partial charge is 0.258 e. The summed E-state index contributed by atoms with van der Waals surface area (Å²) in [7, 11) is 0. The van der Waals surface area contributed by atoms with E-state index in [9.17, 15) is 9.59 Å². The molecule has 2 saturated heterocycles. The molecule has 0 atom stereocenters. The molecular weight excluding hydrogens is 396 g/mol. The van der Waals surface area contributed by atoms with E-state index in [0.29, 0.717) is 40.9 Å². The Hall–Kier alpha value is -2.17. The lowest BCUT2D eigenvalue weighted by atomic mass is 9.96. The highest BCUT2D eigenvalue weighted by atomic mass is 35.5. The van der Waals surface area contributed by atoms with Crippen molar-refractivity contribution in [3.63, 3.8) is 0 Å². The molecule has 6 nitrogen and oxygen atoms in total. The minimum atomic E-state index is -0.793. The van der Waals surface area contributed by atoms with Crippen molar-refractivity contribution >= 4 is 46.4 Å². The zero-order valence-corrected chi connectivity index (χ0v) is 17.8. The molecule has 2 aliphatic heterocycles. The number of thiocarbonyl (C=S) groups is 1. The third kappa shape index (κ3) is 3.36. The Labute approximate surface area is 175 Å². The molecule has 1 aromatic rings. The van der Waals surface area contributed by atoms with E-state index >= 15 is 0 Å². The predicted molar refractivity (Wildman–Crippen MR) is 112 cm³/mol. The van der Waals surface area contributed by atoms with E-state index in [1.165, 1.54) is 4.90 Å². The lowest BCUT2D eigenvalue weighted by Crippen LogP contribution is -2.54. The molecule has 2 amide bonds. The molecular formula is C20H23ClN4O2S. The molecule has 28 heavy (non-hydrogen) atoms. The van der Waals surface area contributed by atoms with Gasteiger partial charge >= 0.3 is 0 Å². The quantitative estimate of drug-likeness (QED) is 0.704. The number of halogens is 1. The number of benzene rings is 1. The third-order valence-corrected chi connectivity index (χ3v) is 6.23. The van der Waals surface area contributed by atoms with Crippen molar-refractivity contribution in [2.45, 2.75) is 51.6 Å². The van der Waals surface area contributed by atoms with Crippen LogP contribution in [0.25, 0.3) is 0 Å². The molecule has 2 fully saturated rings. The first-order valence-electron chi connectivity index (χ1n) is 9.37. The number of carbonyl (C=O) groups excluding carboxylic acids is 2. The molecule has 2 aliphatic rings. The molecule has 0 unspecified atom stereocenters. The summed E-state index contributed by atoms with van der Waals surface area (Å²) in [5.41, 5.74) is 0.124. The Balaban J connectivity index is 1.86. The van der Waals surface area contributed by atoms with Crippen LogP contribution in [0.4, 0.5) is 5.69 Å². The van der Waals surface area contributed by atoms with Gasteiger partial charge in [-0.1, -0.05) is 18.5 Å². The fraction of sp³-hybridized carbons (Fsp3) is 0.500. The largest absolute Gasteiger partial charge is 0.343 e. The van der Waals surface area contributed by atoms with Crippen LogP contribution in [0.15, 0.2) is 18.2 Å². The van der Waals surface area contributed by atoms with Gasteiger partial charge in [0.2, 0.25) is 5.91 Å². The number of hydrogen-bond donors (Lipinski definition) is 0. The topological polar surface area (TPSA) is 67.7 Å². The number of nitriles is 1. The fourth-order valence-corrected chi connectivity index (χ4v) is 4.76. The van der Waals surface area contributed by atoms with E-state index in [4.69, 9.17) is 29.1 Å². The summed E-state index contributed by atoms with van der Waals surface area (Å²) in [5.74, 6) is 0.0389. The first kappa shape index (κ1) is 20.6. The van der Waals surface area contributed by atoms with Gasteiger partial charge in [0, 0.05) is 25.6 Å². The van der Waals surface area contributed by atoms with Crippen LogP contribution in [0.3, 0.4) is 0 Å². The number of carbonyl (C=O) groups is 2. The number of amides is 2. The Bertz CT molecular complexity index is 871. The summed E-state index contributed by atoms with van der Waals surface area (Å²) < 4.78 is 0. The molecule has 0 saturated carbocycles. The zero-order valence-electron chi connectivity index (χ0n) is 16.2. The SMILES string of the molecule is CCC(=O)N1CCC(N2C(=S)N(c3ccc(C#N)c(Cl)c3)C(=O)C2(C)C)CC1. The Kier molecular flexibility index (Phi) is 5.64. The zero-order chi connectivity index (χ0) is 20.6. The maximum Gasteiger partial charge on any atom is 0.258 e. The number of nitrogens with zero attached hydrogens (tertiary/aromatic N) is 4. The van der Waals surface area contributed by atoms with E-state index in [0.717, 1.165) is 12.8 Å². The first-order chi connectivity index (χ1) is 13.2. The second-order valence-electron chi connectivity index (χ2n) is 7.59. The summed E-state index contributed by atoms with van der Waals surface area (Å²) >= 11 is 11.9. The molecule has 8 heteroatoms. The molecule has 3 rings (SSSR count). The molecule has 0 aromatic heterocycles. The summed E-state index contributed by atoms with van der Waals surface area (Å²) in [6.07, 6.45) is 2.04. The molecule has 2 heterocycles. The first-order valence-corrected chi connectivity index (χ1v) is 10.2. The van der Waals surface area contributed by atoms with Gasteiger partial charge in [-0.3, -0.25) is 14.5 Å². The van der Waals surface area contributed by atoms with Gasteiger partial charge in [0.1, 0.15) is 11.6 Å². The average molecular weight is 419 g/mol. The monoisotopic (exact) mass is 418 g/mol. The van der Waals surface area contributed by atoms with E-state index in [2.05, 4.69) is 0 Å². The van der Waals surface area contributed by atoms with Gasteiger partial charge < -0.3 is 9.80 Å². The van der Waals surface area contributed by atoms with Crippen LogP contribution >= 0.6 is 23.8 Å². The number of hydrogen-bond acceptors (Lipinski definition) is 4. The minimum absolute atomic E-state index is 0.0891. The third-order valence-electron chi connectivity index (χ3n) is 5.54. The fourth-order valence-electron chi connectivity index (χ4n) is 3.98. The van der Waals surface area contributed by atoms with Gasteiger partial charge in [-0.05, 0) is 57.1 Å². The second kappa shape index (κ2) is 7.69. The number of likely N-dealkylation sites (tertiary alicyclic amines) is 1. The molecule has 0 spiro atoms. The van der Waals surface area contributed by atoms with Gasteiger partial charge in [-0.2, -0.15) is 5.26 Å². The molecule has 0 aliphatic carbocycles. The van der Waals surface area contributed by atoms with Crippen molar-refractivity contribution in [3.05, 3.63) is 28.8 Å². The molecule has 0 bridgehead atoms. The number of piperidine rings is 1. The molecule has 1 aromatic carbocycles. The van der Waals surface area contributed by atoms with Crippen LogP contribution in [0.5, 0.6) is 0 Å². The van der Waals surface area contributed by atoms with Crippen molar-refractivity contribution in [1.29, 1.82) is 5.26 Å². The normalized spacial score (nSPS) is 19.9. The van der Waals surface area contributed by atoms with E-state index in [1.807, 2.05) is 36.6 Å². The van der Waals surface area contributed by atoms with Crippen LogP contribution in [0.2, 0.25) is 5.02 Å². The van der Waals surface area contributed by atoms with Crippen molar-refractivity contribution in [3.8, 4) is 6.07 Å². The van der Waals surface area contributed by atoms with Crippen molar-refractivity contribution < 1.29 is 9.59 Å². The van der Waals surface area contributed by atoms with Crippen LogP contribution < -0.4 is 4.90 Å². The van der Waals surface area contributed by atoms with Crippen LogP contribution in [-0.2, 0) is 9.59 Å². The van der Waals surface area contributed by atoms with Gasteiger partial charge in [0.05, 0.1) is 16.3 Å². The van der Waals surface area contributed by atoms with Crippen molar-refractivity contribution in [2.75, 3.05) is 18.0 Å². The van der Waals surface area contributed by atoms with Gasteiger partial charge in [0.15, 0.2) is 5.11 Å². The second-order valence-corrected chi connectivity index (χ2v) is 8.37. The molecule has 148 valence electrons. The summed E-state index contributed by atoms with van der Waals surface area (Å²) in [4.78, 5) is 30.5. The highest BCUT2D eigenvalue weighted by Crippen LogP contribution is 2.37. The van der Waals surface area contributed by atoms with Gasteiger partial charge in [0.25, 0.3) is 5.91 Å². The van der Waals surface area contributed by atoms with E-state index < -0.39 is 5.54 Å². The lowest BCUT2D eigenvalue weighted by Gasteiger charge is -2.41. The lowest BCUT2D eigenvalue weighted by molar-refractivity contribution is -0.133. The Morgan fingerprint density at radius 2 is 2.00 bits per heavy atom. The maximum absolute atomic E-state index is 13.2. The minimum Gasteiger partial charge on any atom is -0.343 e. The highest BCUT2D eigenvalue weighted by molar-refractivity contribution is 7.80.